The van der Waals surface area contributed by atoms with Crippen LogP contribution in [0.5, 0.6) is 0 Å². The van der Waals surface area contributed by atoms with E-state index in [1.807, 2.05) is 6.07 Å². The fraction of sp³-hybridized carbons (Fsp3) is 0.538. The molecule has 3 nitrogen and oxygen atoms in total. The van der Waals surface area contributed by atoms with Crippen molar-refractivity contribution in [2.24, 2.45) is 5.41 Å². The van der Waals surface area contributed by atoms with Gasteiger partial charge in [-0.2, -0.15) is 5.26 Å². The summed E-state index contributed by atoms with van der Waals surface area (Å²) in [4.78, 5) is 4.25. The predicted octanol–water partition coefficient (Wildman–Crippen LogP) is 2.94. The maximum absolute atomic E-state index is 8.82. The van der Waals surface area contributed by atoms with E-state index in [1.165, 1.54) is 19.3 Å². The van der Waals surface area contributed by atoms with Gasteiger partial charge in [0, 0.05) is 12.2 Å². The van der Waals surface area contributed by atoms with Crippen molar-refractivity contribution in [3.05, 3.63) is 23.9 Å². The van der Waals surface area contributed by atoms with Crippen LogP contribution in [0.2, 0.25) is 0 Å². The van der Waals surface area contributed by atoms with E-state index in [0.29, 0.717) is 17.0 Å². The van der Waals surface area contributed by atoms with E-state index < -0.39 is 0 Å². The molecule has 2 rings (SSSR count). The lowest BCUT2D eigenvalue weighted by atomic mass is 9.87. The summed E-state index contributed by atoms with van der Waals surface area (Å²) in [6.45, 7) is 4.57. The highest BCUT2D eigenvalue weighted by Gasteiger charge is 2.34. The first-order chi connectivity index (χ1) is 7.62. The van der Waals surface area contributed by atoms with Crippen LogP contribution in [0.4, 0.5) is 5.82 Å². The number of hydrogen-bond donors (Lipinski definition) is 1. The van der Waals surface area contributed by atoms with Gasteiger partial charge >= 0.3 is 0 Å². The second-order valence-electron chi connectivity index (χ2n) is 5.12. The van der Waals surface area contributed by atoms with E-state index in [9.17, 15) is 0 Å². The number of pyridine rings is 1. The van der Waals surface area contributed by atoms with Crippen molar-refractivity contribution in [2.75, 3.05) is 5.32 Å². The smallest absolute Gasteiger partial charge is 0.127 e. The average molecular weight is 215 g/mol. The number of rotatable bonds is 2. The van der Waals surface area contributed by atoms with Crippen LogP contribution in [0.1, 0.15) is 38.7 Å². The highest BCUT2D eigenvalue weighted by molar-refractivity contribution is 5.43. The Morgan fingerprint density at radius 3 is 3.00 bits per heavy atom. The number of anilines is 1. The van der Waals surface area contributed by atoms with Crippen molar-refractivity contribution in [2.45, 2.75) is 39.2 Å². The Hall–Kier alpha value is -1.56. The fourth-order valence-electron chi connectivity index (χ4n) is 2.35. The summed E-state index contributed by atoms with van der Waals surface area (Å²) >= 11 is 0. The lowest BCUT2D eigenvalue weighted by Gasteiger charge is -2.28. The third-order valence-corrected chi connectivity index (χ3v) is 3.47. The molecule has 1 aliphatic rings. The lowest BCUT2D eigenvalue weighted by molar-refractivity contribution is 0.349. The average Bonchev–Trinajstić information content (AvgIpc) is 2.59. The first kappa shape index (κ1) is 10.9. The summed E-state index contributed by atoms with van der Waals surface area (Å²) in [6.07, 6.45) is 5.39. The Balaban J connectivity index is 2.12. The van der Waals surface area contributed by atoms with Crippen molar-refractivity contribution in [1.29, 1.82) is 5.26 Å². The predicted molar refractivity (Wildman–Crippen MR) is 64.0 cm³/mol. The van der Waals surface area contributed by atoms with E-state index in [2.05, 4.69) is 30.2 Å². The third kappa shape index (κ3) is 2.16. The molecule has 0 saturated heterocycles. The van der Waals surface area contributed by atoms with Crippen LogP contribution in [0.15, 0.2) is 18.3 Å². The van der Waals surface area contributed by atoms with Crippen LogP contribution in [-0.4, -0.2) is 11.0 Å². The summed E-state index contributed by atoms with van der Waals surface area (Å²) in [7, 11) is 0. The minimum Gasteiger partial charge on any atom is -0.367 e. The van der Waals surface area contributed by atoms with Crippen LogP contribution in [-0.2, 0) is 0 Å². The van der Waals surface area contributed by atoms with Gasteiger partial charge in [-0.05, 0) is 30.4 Å². The summed E-state index contributed by atoms with van der Waals surface area (Å²) in [5.41, 5.74) is 0.984. The molecule has 1 fully saturated rings. The second kappa shape index (κ2) is 4.13. The normalized spacial score (nSPS) is 22.7. The molecule has 1 heterocycles. The molecule has 1 saturated carbocycles. The molecule has 16 heavy (non-hydrogen) atoms. The van der Waals surface area contributed by atoms with Gasteiger partial charge in [0.2, 0.25) is 0 Å². The fourth-order valence-corrected chi connectivity index (χ4v) is 2.35. The largest absolute Gasteiger partial charge is 0.367 e. The van der Waals surface area contributed by atoms with Gasteiger partial charge in [-0.25, -0.2) is 4.98 Å². The maximum atomic E-state index is 8.82. The number of nitrogens with one attached hydrogen (secondary N) is 1. The highest BCUT2D eigenvalue weighted by atomic mass is 15.0. The van der Waals surface area contributed by atoms with Crippen LogP contribution >= 0.6 is 0 Å². The summed E-state index contributed by atoms with van der Waals surface area (Å²) < 4.78 is 0. The van der Waals surface area contributed by atoms with Crippen LogP contribution < -0.4 is 5.32 Å². The van der Waals surface area contributed by atoms with Gasteiger partial charge in [0.25, 0.3) is 0 Å². The van der Waals surface area contributed by atoms with E-state index in [1.54, 1.807) is 12.3 Å². The standard InChI is InChI=1S/C13H17N3/c1-13(2)6-3-4-11(13)16-12-8-10(9-14)5-7-15-12/h5,7-8,11H,3-4,6H2,1-2H3,(H,15,16). The Morgan fingerprint density at radius 2 is 2.38 bits per heavy atom. The molecule has 0 aliphatic heterocycles. The molecule has 1 aromatic rings. The highest BCUT2D eigenvalue weighted by Crippen LogP contribution is 2.38. The Bertz CT molecular complexity index is 417. The van der Waals surface area contributed by atoms with E-state index in [0.717, 1.165) is 5.82 Å². The van der Waals surface area contributed by atoms with Gasteiger partial charge in [0.1, 0.15) is 5.82 Å². The Morgan fingerprint density at radius 1 is 1.56 bits per heavy atom. The third-order valence-electron chi connectivity index (χ3n) is 3.47. The molecule has 0 aromatic carbocycles. The molecule has 0 amide bonds. The Kier molecular flexibility index (Phi) is 2.82. The Labute approximate surface area is 96.5 Å². The molecule has 1 unspecified atom stereocenters. The van der Waals surface area contributed by atoms with Crippen molar-refractivity contribution in [3.8, 4) is 6.07 Å². The molecule has 0 bridgehead atoms. The molecule has 84 valence electrons. The quantitative estimate of drug-likeness (QED) is 0.825. The van der Waals surface area contributed by atoms with Crippen LogP contribution in [0.25, 0.3) is 0 Å². The summed E-state index contributed by atoms with van der Waals surface area (Å²) in [5.74, 6) is 0.819. The van der Waals surface area contributed by atoms with E-state index in [4.69, 9.17) is 5.26 Å². The SMILES string of the molecule is CC1(C)CCCC1Nc1cc(C#N)ccn1. The number of aromatic nitrogens is 1. The minimum absolute atomic E-state index is 0.324. The topological polar surface area (TPSA) is 48.7 Å². The van der Waals surface area contributed by atoms with Crippen molar-refractivity contribution < 1.29 is 0 Å². The zero-order chi connectivity index (χ0) is 11.6. The molecular formula is C13H17N3. The van der Waals surface area contributed by atoms with Gasteiger partial charge in [0.15, 0.2) is 0 Å². The van der Waals surface area contributed by atoms with Crippen molar-refractivity contribution in [3.63, 3.8) is 0 Å². The van der Waals surface area contributed by atoms with E-state index >= 15 is 0 Å². The van der Waals surface area contributed by atoms with Gasteiger partial charge < -0.3 is 5.32 Å². The van der Waals surface area contributed by atoms with E-state index in [-0.39, 0.29) is 0 Å². The molecule has 1 aliphatic carbocycles. The van der Waals surface area contributed by atoms with Crippen molar-refractivity contribution >= 4 is 5.82 Å². The van der Waals surface area contributed by atoms with Gasteiger partial charge in [-0.3, -0.25) is 0 Å². The number of nitriles is 1. The van der Waals surface area contributed by atoms with Gasteiger partial charge in [-0.1, -0.05) is 20.3 Å². The zero-order valence-corrected chi connectivity index (χ0v) is 9.83. The zero-order valence-electron chi connectivity index (χ0n) is 9.83. The van der Waals surface area contributed by atoms with Crippen LogP contribution in [0.3, 0.4) is 0 Å². The second-order valence-corrected chi connectivity index (χ2v) is 5.12. The first-order valence-electron chi connectivity index (χ1n) is 5.74. The number of nitrogens with zero attached hydrogens (tertiary/aromatic N) is 2. The maximum Gasteiger partial charge on any atom is 0.127 e. The van der Waals surface area contributed by atoms with Gasteiger partial charge in [-0.15, -0.1) is 0 Å². The minimum atomic E-state index is 0.324. The molecule has 1 N–H and O–H groups in total. The molecular weight excluding hydrogens is 198 g/mol. The van der Waals surface area contributed by atoms with Gasteiger partial charge in [0.05, 0.1) is 11.6 Å². The molecule has 1 aromatic heterocycles. The molecule has 0 radical (unpaired) electrons. The lowest BCUT2D eigenvalue weighted by Crippen LogP contribution is -2.31. The molecule has 3 heteroatoms. The number of hydrogen-bond acceptors (Lipinski definition) is 3. The monoisotopic (exact) mass is 215 g/mol. The summed E-state index contributed by atoms with van der Waals surface area (Å²) in [5, 5.41) is 12.3. The van der Waals surface area contributed by atoms with Crippen molar-refractivity contribution in [1.82, 2.24) is 4.98 Å². The van der Waals surface area contributed by atoms with Crippen LogP contribution in [0, 0.1) is 16.7 Å². The molecule has 0 spiro atoms. The summed E-state index contributed by atoms with van der Waals surface area (Å²) in [6, 6.07) is 6.14. The molecule has 1 atom stereocenters. The first-order valence-corrected chi connectivity index (χ1v) is 5.74.